The van der Waals surface area contributed by atoms with Crippen molar-refractivity contribution in [2.75, 3.05) is 25.0 Å². The number of pyridine rings is 2. The van der Waals surface area contributed by atoms with Crippen LogP contribution >= 0.6 is 11.6 Å². The summed E-state index contributed by atoms with van der Waals surface area (Å²) in [6, 6.07) is 9.04. The largest absolute Gasteiger partial charge is 0.477 e. The van der Waals surface area contributed by atoms with E-state index >= 15 is 0 Å². The van der Waals surface area contributed by atoms with Gasteiger partial charge in [0, 0.05) is 30.9 Å². The molecule has 1 atom stereocenters. The molecule has 3 aromatic heterocycles. The molecule has 1 aliphatic carbocycles. The van der Waals surface area contributed by atoms with Crippen molar-refractivity contribution in [3.05, 3.63) is 53.3 Å². The lowest BCUT2D eigenvalue weighted by Gasteiger charge is -2.28. The summed E-state index contributed by atoms with van der Waals surface area (Å²) in [7, 11) is -4.33. The molecule has 48 heavy (non-hydrogen) atoms. The van der Waals surface area contributed by atoms with Gasteiger partial charge in [-0.25, -0.2) is 24.2 Å². The summed E-state index contributed by atoms with van der Waals surface area (Å²) in [5.74, 6) is 0.964. The molecule has 0 radical (unpaired) electrons. The Balaban J connectivity index is 1.13. The lowest BCUT2D eigenvalue weighted by atomic mass is 9.93. The van der Waals surface area contributed by atoms with E-state index in [1.165, 1.54) is 33.8 Å². The van der Waals surface area contributed by atoms with Crippen molar-refractivity contribution in [1.82, 2.24) is 29.4 Å². The van der Waals surface area contributed by atoms with E-state index < -0.39 is 27.6 Å². The molecule has 0 spiro atoms. The maximum absolute atomic E-state index is 13.1. The van der Waals surface area contributed by atoms with E-state index in [1.807, 2.05) is 18.6 Å². The summed E-state index contributed by atoms with van der Waals surface area (Å²) < 4.78 is 35.5. The number of rotatable bonds is 13. The van der Waals surface area contributed by atoms with E-state index in [9.17, 15) is 23.1 Å². The number of aromatic nitrogens is 4. The van der Waals surface area contributed by atoms with Crippen LogP contribution in [-0.2, 0) is 10.0 Å². The standard InChI is InChI=1S/C33H44ClN7O6S/c1-31(2)19-21(20-40(31)30(43)44)9-8-16-35-24-10-7-11-27(36-24)48(45,46)39-29(42)22-12-13-25(37-28(22)34)41-17-14-26(38-41)47-18-15-23-32(3,4)33(23,5)6/h7,10-14,17,21,23H,8-9,15-16,18-20H2,1-6H3,(H,35,36)(H,39,42)(H,43,44)/t21-/m0/s1. The number of likely N-dealkylation sites (tertiary alicyclic amines) is 1. The van der Waals surface area contributed by atoms with E-state index in [4.69, 9.17) is 16.3 Å². The Bertz CT molecular complexity index is 1780. The van der Waals surface area contributed by atoms with Crippen molar-refractivity contribution in [3.8, 4) is 11.7 Å². The molecule has 1 saturated carbocycles. The van der Waals surface area contributed by atoms with Crippen LogP contribution in [-0.4, -0.2) is 75.4 Å². The Morgan fingerprint density at radius 2 is 1.77 bits per heavy atom. The molecule has 3 N–H and O–H groups in total. The van der Waals surface area contributed by atoms with Crippen LogP contribution < -0.4 is 14.8 Å². The molecule has 0 bridgehead atoms. The molecule has 0 unspecified atom stereocenters. The molecule has 260 valence electrons. The Labute approximate surface area is 286 Å². The minimum Gasteiger partial charge on any atom is -0.477 e. The zero-order valence-electron chi connectivity index (χ0n) is 28.2. The van der Waals surface area contributed by atoms with Crippen LogP contribution in [0.15, 0.2) is 47.6 Å². The molecule has 3 aromatic rings. The number of carbonyl (C=O) groups is 2. The molecule has 2 amide bonds. The number of hydrogen-bond acceptors (Lipinski definition) is 9. The van der Waals surface area contributed by atoms with Crippen molar-refractivity contribution >= 4 is 39.4 Å². The van der Waals surface area contributed by atoms with Crippen LogP contribution in [0, 0.1) is 22.7 Å². The van der Waals surface area contributed by atoms with Crippen LogP contribution in [0.4, 0.5) is 10.6 Å². The number of carbonyl (C=O) groups excluding carboxylic acids is 1. The highest BCUT2D eigenvalue weighted by Gasteiger charge is 2.63. The van der Waals surface area contributed by atoms with Gasteiger partial charge in [-0.1, -0.05) is 45.4 Å². The number of sulfonamides is 1. The zero-order valence-corrected chi connectivity index (χ0v) is 29.7. The second-order valence-corrected chi connectivity index (χ2v) is 16.4. The molecule has 2 fully saturated rings. The monoisotopic (exact) mass is 701 g/mol. The summed E-state index contributed by atoms with van der Waals surface area (Å²) in [5.41, 5.74) is 0.0372. The van der Waals surface area contributed by atoms with Crippen molar-refractivity contribution in [3.63, 3.8) is 0 Å². The maximum Gasteiger partial charge on any atom is 0.407 e. The first-order valence-electron chi connectivity index (χ1n) is 16.1. The van der Waals surface area contributed by atoms with Crippen LogP contribution in [0.2, 0.25) is 5.15 Å². The fourth-order valence-electron chi connectivity index (χ4n) is 6.99. The topological polar surface area (TPSA) is 169 Å². The van der Waals surface area contributed by atoms with Gasteiger partial charge in [0.05, 0.1) is 12.2 Å². The number of nitrogens with one attached hydrogen (secondary N) is 2. The highest BCUT2D eigenvalue weighted by atomic mass is 35.5. The van der Waals surface area contributed by atoms with Gasteiger partial charge in [0.1, 0.15) is 11.0 Å². The minimum absolute atomic E-state index is 0.131. The molecular weight excluding hydrogens is 658 g/mol. The average molecular weight is 702 g/mol. The SMILES string of the molecule is CC1(C)C[C@H](CCCNc2cccc(S(=O)(=O)NC(=O)c3ccc(-n4ccc(OCCC5C(C)(C)C5(C)C)n4)nc3Cl)n2)CN1C(=O)O. The van der Waals surface area contributed by atoms with Gasteiger partial charge in [-0.3, -0.25) is 4.79 Å². The van der Waals surface area contributed by atoms with Crippen LogP contribution in [0.5, 0.6) is 5.88 Å². The van der Waals surface area contributed by atoms with E-state index in [1.54, 1.807) is 18.3 Å². The summed E-state index contributed by atoms with van der Waals surface area (Å²) in [5, 5.41) is 16.4. The fraction of sp³-hybridized carbons (Fsp3) is 0.545. The normalized spacial score (nSPS) is 19.6. The summed E-state index contributed by atoms with van der Waals surface area (Å²) >= 11 is 6.32. The number of nitrogens with zero attached hydrogens (tertiary/aromatic N) is 5. The van der Waals surface area contributed by atoms with Crippen molar-refractivity contribution in [2.45, 2.75) is 77.8 Å². The first kappa shape index (κ1) is 35.4. The zero-order chi connectivity index (χ0) is 35.1. The lowest BCUT2D eigenvalue weighted by molar-refractivity contribution is 0.0980. The predicted molar refractivity (Wildman–Crippen MR) is 181 cm³/mol. The van der Waals surface area contributed by atoms with Gasteiger partial charge in [0.15, 0.2) is 10.8 Å². The predicted octanol–water partition coefficient (Wildman–Crippen LogP) is 5.86. The lowest BCUT2D eigenvalue weighted by Crippen LogP contribution is -2.41. The van der Waals surface area contributed by atoms with Crippen LogP contribution in [0.25, 0.3) is 5.82 Å². The quantitative estimate of drug-likeness (QED) is 0.145. The van der Waals surface area contributed by atoms with Gasteiger partial charge in [-0.2, -0.15) is 8.42 Å². The fourth-order valence-corrected chi connectivity index (χ4v) is 8.16. The second kappa shape index (κ2) is 13.2. The molecule has 4 heterocycles. The summed E-state index contributed by atoms with van der Waals surface area (Å²) in [4.78, 5) is 34.4. The van der Waals surface area contributed by atoms with E-state index in [2.05, 4.69) is 48.1 Å². The number of ether oxygens (including phenoxy) is 1. The third-order valence-corrected chi connectivity index (χ3v) is 11.9. The van der Waals surface area contributed by atoms with E-state index in [0.717, 1.165) is 25.7 Å². The summed E-state index contributed by atoms with van der Waals surface area (Å²) in [6.45, 7) is 14.5. The molecule has 13 nitrogen and oxygen atoms in total. The van der Waals surface area contributed by atoms with Gasteiger partial charge < -0.3 is 20.1 Å². The Kier molecular flexibility index (Phi) is 9.72. The first-order chi connectivity index (χ1) is 22.4. The molecule has 2 aliphatic rings. The highest BCUT2D eigenvalue weighted by molar-refractivity contribution is 7.90. The minimum atomic E-state index is -4.33. The Morgan fingerprint density at radius 1 is 1.04 bits per heavy atom. The van der Waals surface area contributed by atoms with E-state index in [-0.39, 0.29) is 32.5 Å². The highest BCUT2D eigenvalue weighted by Crippen LogP contribution is 2.69. The first-order valence-corrected chi connectivity index (χ1v) is 17.9. The summed E-state index contributed by atoms with van der Waals surface area (Å²) in [6.07, 6.45) is 4.02. The van der Waals surface area contributed by atoms with Crippen LogP contribution in [0.1, 0.15) is 77.6 Å². The third kappa shape index (κ3) is 7.39. The number of anilines is 1. The molecule has 15 heteroatoms. The van der Waals surface area contributed by atoms with Crippen molar-refractivity contribution in [2.24, 2.45) is 22.7 Å². The number of carboxylic acid groups (broad SMARTS) is 1. The van der Waals surface area contributed by atoms with Gasteiger partial charge in [-0.15, -0.1) is 5.10 Å². The van der Waals surface area contributed by atoms with Gasteiger partial charge in [0.25, 0.3) is 15.9 Å². The number of amides is 2. The smallest absolute Gasteiger partial charge is 0.407 e. The molecule has 1 saturated heterocycles. The third-order valence-electron chi connectivity index (χ3n) is 10.4. The van der Waals surface area contributed by atoms with Gasteiger partial charge in [-0.05, 0) is 86.5 Å². The molecule has 0 aromatic carbocycles. The van der Waals surface area contributed by atoms with Gasteiger partial charge in [0.2, 0.25) is 5.88 Å². The molecule has 1 aliphatic heterocycles. The molecule has 5 rings (SSSR count). The van der Waals surface area contributed by atoms with Crippen molar-refractivity contribution in [1.29, 1.82) is 0 Å². The van der Waals surface area contributed by atoms with Crippen LogP contribution in [0.3, 0.4) is 0 Å². The Morgan fingerprint density at radius 3 is 2.42 bits per heavy atom. The average Bonchev–Trinajstić information content (AvgIpc) is 3.40. The Hall–Kier alpha value is -3.91. The van der Waals surface area contributed by atoms with Gasteiger partial charge >= 0.3 is 6.09 Å². The second-order valence-electron chi connectivity index (χ2n) is 14.4. The number of halogens is 1. The molecular formula is C33H44ClN7O6S. The van der Waals surface area contributed by atoms with E-state index in [0.29, 0.717) is 43.1 Å². The maximum atomic E-state index is 13.1. The van der Waals surface area contributed by atoms with Crippen molar-refractivity contribution < 1.29 is 27.9 Å². The number of hydrogen-bond donors (Lipinski definition) is 3.